The molecular weight excluding hydrogens is 359 g/mol. The molecule has 0 aromatic rings. The fraction of sp³-hybridized carbons (Fsp3) is 0. The van der Waals surface area contributed by atoms with Crippen LogP contribution in [0.2, 0.25) is 0 Å². The summed E-state index contributed by atoms with van der Waals surface area (Å²) in [6.45, 7) is 0. The molecule has 41 valence electrons. The van der Waals surface area contributed by atoms with Crippen LogP contribution in [0.5, 0.6) is 0 Å². The quantitative estimate of drug-likeness (QED) is 0.453. The Bertz CT molecular complexity index is 16.9. The average Bonchev–Trinajstić information content (AvgIpc) is 0. The predicted molar refractivity (Wildman–Crippen MR) is 20.7 cm³/mol. The third-order valence-corrected chi connectivity index (χ3v) is 0. The molecule has 0 aliphatic heterocycles. The van der Waals surface area contributed by atoms with Gasteiger partial charge in [-0.15, -0.1) is 0 Å². The SMILES string of the molecule is [Al+3].[Ce+3].[Mg+2].[O-2].[O-2].[O-2].[O-2].[O-2].[Sr+2]. The van der Waals surface area contributed by atoms with Crippen molar-refractivity contribution in [3.8, 4) is 0 Å². The number of hydrogen-bond donors (Lipinski definition) is 0. The molecule has 0 aromatic heterocycles. The fourth-order valence-electron chi connectivity index (χ4n) is 0. The molecule has 0 fully saturated rings. The Morgan fingerprint density at radius 1 is 0.556 bits per heavy atom. The molecule has 5 nitrogen and oxygen atoms in total. The minimum Gasteiger partial charge on any atom is -2.00 e. The van der Waals surface area contributed by atoms with Crippen molar-refractivity contribution in [2.45, 2.75) is 0 Å². The van der Waals surface area contributed by atoms with Gasteiger partial charge in [0.2, 0.25) is 0 Å². The first-order chi connectivity index (χ1) is 0. The van der Waals surface area contributed by atoms with E-state index in [0.717, 1.165) is 0 Å². The Labute approximate surface area is 151 Å². The van der Waals surface area contributed by atoms with Crippen LogP contribution in [-0.2, 0) is 27.4 Å². The van der Waals surface area contributed by atoms with Gasteiger partial charge in [0.1, 0.15) is 0 Å². The maximum absolute atomic E-state index is 0. The smallest absolute Gasteiger partial charge is 2.00 e. The fourth-order valence-corrected chi connectivity index (χ4v) is 0. The second-order valence-electron chi connectivity index (χ2n) is 0. The first kappa shape index (κ1) is 118. The molecule has 9 heteroatoms. The van der Waals surface area contributed by atoms with E-state index in [1.54, 1.807) is 0 Å². The van der Waals surface area contributed by atoms with Crippen LogP contribution in [0, 0.1) is 41.7 Å². The summed E-state index contributed by atoms with van der Waals surface area (Å²) in [6.07, 6.45) is 0. The zero-order valence-corrected chi connectivity index (χ0v) is 13.7. The average molecular weight is 359 g/mol. The van der Waals surface area contributed by atoms with E-state index in [4.69, 9.17) is 0 Å². The minimum absolute atomic E-state index is 0. The van der Waals surface area contributed by atoms with Crippen molar-refractivity contribution < 1.29 is 69.1 Å². The molecule has 0 unspecified atom stereocenters. The van der Waals surface area contributed by atoms with Crippen LogP contribution in [0.4, 0.5) is 0 Å². The van der Waals surface area contributed by atoms with Crippen LogP contribution in [0.3, 0.4) is 0 Å². The van der Waals surface area contributed by atoms with Gasteiger partial charge in [-0.25, -0.2) is 0 Å². The molecule has 0 saturated carbocycles. The van der Waals surface area contributed by atoms with E-state index < -0.39 is 0 Å². The van der Waals surface area contributed by atoms with Gasteiger partial charge in [0.25, 0.3) is 0 Å². The number of rotatable bonds is 0. The van der Waals surface area contributed by atoms with Crippen molar-refractivity contribution in [2.24, 2.45) is 0 Å². The normalized spacial score (nSPS) is 0. The summed E-state index contributed by atoms with van der Waals surface area (Å²) in [7, 11) is 0. The standard InChI is InChI=1S/Al.Ce.Mg.5O.Sr/q2*+3;+2;5*-2;+2. The van der Waals surface area contributed by atoms with Crippen LogP contribution in [0.1, 0.15) is 0 Å². The molecule has 0 spiro atoms. The van der Waals surface area contributed by atoms with Crippen LogP contribution in [0.25, 0.3) is 0 Å². The van der Waals surface area contributed by atoms with Gasteiger partial charge < -0.3 is 27.4 Å². The monoisotopic (exact) mass is 359 g/mol. The first-order valence-electron chi connectivity index (χ1n) is 0. The largest absolute Gasteiger partial charge is 3.00 e. The van der Waals surface area contributed by atoms with Crippen LogP contribution < -0.4 is 0 Å². The van der Waals surface area contributed by atoms with Crippen LogP contribution in [0.15, 0.2) is 0 Å². The molecule has 0 aliphatic rings. The van der Waals surface area contributed by atoms with Crippen molar-refractivity contribution in [3.63, 3.8) is 0 Å². The van der Waals surface area contributed by atoms with Crippen LogP contribution >= 0.6 is 0 Å². The molecular formula is AlCeMgO5Sr. The zero-order chi connectivity index (χ0) is 0. The molecule has 0 bridgehead atoms. The summed E-state index contributed by atoms with van der Waals surface area (Å²) in [5.41, 5.74) is 0. The molecule has 0 heterocycles. The Morgan fingerprint density at radius 2 is 0.556 bits per heavy atom. The predicted octanol–water partition coefficient (Wildman–Crippen LogP) is -1.74. The van der Waals surface area contributed by atoms with Gasteiger partial charge in [-0.1, -0.05) is 0 Å². The van der Waals surface area contributed by atoms with Crippen molar-refractivity contribution in [3.05, 3.63) is 0 Å². The topological polar surface area (TPSA) is 142 Å². The maximum atomic E-state index is 0. The number of hydrogen-bond acceptors (Lipinski definition) is 0. The summed E-state index contributed by atoms with van der Waals surface area (Å²) in [5, 5.41) is 0. The molecule has 0 aromatic carbocycles. The summed E-state index contributed by atoms with van der Waals surface area (Å²) in [5.74, 6) is 0. The molecule has 1 radical (unpaired) electrons. The van der Waals surface area contributed by atoms with Crippen molar-refractivity contribution >= 4 is 85.9 Å². The first-order valence-corrected chi connectivity index (χ1v) is 0. The second-order valence-corrected chi connectivity index (χ2v) is 0. The molecule has 0 atom stereocenters. The third kappa shape index (κ3) is 75.7. The third-order valence-electron chi connectivity index (χ3n) is 0. The van der Waals surface area contributed by atoms with Gasteiger partial charge >= 0.3 is 128 Å². The molecule has 0 aliphatic carbocycles. The summed E-state index contributed by atoms with van der Waals surface area (Å²) >= 11 is 0. The van der Waals surface area contributed by atoms with E-state index in [0.29, 0.717) is 0 Å². The Balaban J connectivity index is 0. The second kappa shape index (κ2) is 91.7. The Morgan fingerprint density at radius 3 is 0.556 bits per heavy atom. The van der Waals surface area contributed by atoms with Crippen molar-refractivity contribution in [1.82, 2.24) is 0 Å². The van der Waals surface area contributed by atoms with Crippen molar-refractivity contribution in [1.29, 1.82) is 0 Å². The van der Waals surface area contributed by atoms with Crippen LogP contribution in [-0.4, -0.2) is 85.9 Å². The Kier molecular flexibility index (Phi) is 1210. The molecule has 0 amide bonds. The maximum Gasteiger partial charge on any atom is 3.00 e. The zero-order valence-electron chi connectivity index (χ0n) is 4.53. The van der Waals surface area contributed by atoms with E-state index in [-0.39, 0.29) is 155 Å². The van der Waals surface area contributed by atoms with Gasteiger partial charge in [-0.2, -0.15) is 0 Å². The van der Waals surface area contributed by atoms with Crippen molar-refractivity contribution in [2.75, 3.05) is 0 Å². The van der Waals surface area contributed by atoms with Gasteiger partial charge in [-0.05, 0) is 0 Å². The minimum atomic E-state index is 0. The van der Waals surface area contributed by atoms with Gasteiger partial charge in [-0.3, -0.25) is 0 Å². The molecule has 0 N–H and O–H groups in total. The molecule has 0 saturated heterocycles. The van der Waals surface area contributed by atoms with E-state index in [2.05, 4.69) is 0 Å². The summed E-state index contributed by atoms with van der Waals surface area (Å²) in [6, 6.07) is 0. The molecule has 9 heavy (non-hydrogen) atoms. The summed E-state index contributed by atoms with van der Waals surface area (Å²) < 4.78 is 0. The van der Waals surface area contributed by atoms with E-state index in [1.165, 1.54) is 0 Å². The molecule has 0 rings (SSSR count). The Hall–Kier alpha value is 3.96. The van der Waals surface area contributed by atoms with E-state index in [9.17, 15) is 0 Å². The summed E-state index contributed by atoms with van der Waals surface area (Å²) in [4.78, 5) is 0. The van der Waals surface area contributed by atoms with E-state index in [1.807, 2.05) is 0 Å². The van der Waals surface area contributed by atoms with Gasteiger partial charge in [0.15, 0.2) is 0 Å². The van der Waals surface area contributed by atoms with E-state index >= 15 is 0 Å². The van der Waals surface area contributed by atoms with Gasteiger partial charge in [0, 0.05) is 0 Å². The van der Waals surface area contributed by atoms with Gasteiger partial charge in [0.05, 0.1) is 0 Å².